The van der Waals surface area contributed by atoms with Crippen LogP contribution in [0.5, 0.6) is 0 Å². The van der Waals surface area contributed by atoms with E-state index in [9.17, 15) is 8.42 Å². The largest absolute Gasteiger partial charge is 0.445 e. The number of nitrogens with one attached hydrogen (secondary N) is 1. The lowest BCUT2D eigenvalue weighted by atomic mass is 10.4. The van der Waals surface area contributed by atoms with Gasteiger partial charge in [0.15, 0.2) is 0 Å². The number of thiophene rings is 1. The first-order valence-corrected chi connectivity index (χ1v) is 7.47. The van der Waals surface area contributed by atoms with E-state index in [0.29, 0.717) is 17.2 Å². The molecule has 0 aliphatic carbocycles. The molecule has 2 rings (SSSR count). The van der Waals surface area contributed by atoms with Gasteiger partial charge in [0.05, 0.1) is 19.3 Å². The molecule has 0 aliphatic heterocycles. The molecule has 0 saturated heterocycles. The van der Waals surface area contributed by atoms with Gasteiger partial charge in [-0.15, -0.1) is 11.3 Å². The topological polar surface area (TPSA) is 92.4 Å². The van der Waals surface area contributed by atoms with Crippen molar-refractivity contribution in [1.29, 1.82) is 0 Å². The highest BCUT2D eigenvalue weighted by Crippen LogP contribution is 2.20. The third-order valence-electron chi connectivity index (χ3n) is 2.16. The summed E-state index contributed by atoms with van der Waals surface area (Å²) in [4.78, 5) is 3.90. The summed E-state index contributed by atoms with van der Waals surface area (Å²) in [6, 6.07) is 1.44. The van der Waals surface area contributed by atoms with Crippen LogP contribution in [0.1, 0.15) is 17.2 Å². The van der Waals surface area contributed by atoms with Crippen molar-refractivity contribution in [3.8, 4) is 0 Å². The summed E-state index contributed by atoms with van der Waals surface area (Å²) in [6.07, 6.45) is 1.53. The van der Waals surface area contributed by atoms with E-state index in [1.807, 2.05) is 0 Å². The van der Waals surface area contributed by atoms with Gasteiger partial charge in [-0.05, 0) is 23.9 Å². The van der Waals surface area contributed by atoms with E-state index in [4.69, 9.17) is 9.52 Å². The number of nitrogens with zero attached hydrogens (tertiary/aromatic N) is 1. The van der Waals surface area contributed by atoms with E-state index in [2.05, 4.69) is 9.71 Å². The van der Waals surface area contributed by atoms with E-state index in [1.54, 1.807) is 12.3 Å². The van der Waals surface area contributed by atoms with Crippen LogP contribution in [0.4, 0.5) is 0 Å². The summed E-state index contributed by atoms with van der Waals surface area (Å²) in [5.41, 5.74) is 0.576. The van der Waals surface area contributed by atoms with Crippen LogP contribution < -0.4 is 4.72 Å². The van der Waals surface area contributed by atoms with Crippen LogP contribution in [0.3, 0.4) is 0 Å². The van der Waals surface area contributed by atoms with Crippen LogP contribution in [0.15, 0.2) is 26.3 Å². The Bertz CT molecular complexity index is 630. The van der Waals surface area contributed by atoms with Gasteiger partial charge in [-0.25, -0.2) is 18.1 Å². The number of aromatic nitrogens is 1. The normalized spacial score (nSPS) is 11.9. The van der Waals surface area contributed by atoms with Crippen molar-refractivity contribution in [2.75, 3.05) is 0 Å². The minimum Gasteiger partial charge on any atom is -0.445 e. The van der Waals surface area contributed by atoms with Crippen LogP contribution in [0, 0.1) is 6.92 Å². The van der Waals surface area contributed by atoms with E-state index in [-0.39, 0.29) is 17.4 Å². The van der Waals surface area contributed by atoms with E-state index in [0.717, 1.165) is 11.3 Å². The van der Waals surface area contributed by atoms with Crippen molar-refractivity contribution in [2.24, 2.45) is 0 Å². The molecule has 2 aromatic heterocycles. The first-order valence-electron chi connectivity index (χ1n) is 5.10. The lowest BCUT2D eigenvalue weighted by Crippen LogP contribution is -2.22. The maximum absolute atomic E-state index is 11.9. The lowest BCUT2D eigenvalue weighted by Gasteiger charge is -2.01. The fraction of sp³-hybridized carbons (Fsp3) is 0.300. The second kappa shape index (κ2) is 5.19. The molecule has 0 amide bonds. The van der Waals surface area contributed by atoms with Gasteiger partial charge in [-0.3, -0.25) is 0 Å². The molecule has 0 aliphatic rings. The summed E-state index contributed by atoms with van der Waals surface area (Å²) < 4.78 is 31.5. The molecular formula is C10H12N2O4S2. The number of hydrogen-bond acceptors (Lipinski definition) is 6. The average molecular weight is 288 g/mol. The molecular weight excluding hydrogens is 276 g/mol. The minimum atomic E-state index is -3.58. The Morgan fingerprint density at radius 2 is 2.33 bits per heavy atom. The molecule has 18 heavy (non-hydrogen) atoms. The van der Waals surface area contributed by atoms with Gasteiger partial charge >= 0.3 is 0 Å². The minimum absolute atomic E-state index is 0.00251. The van der Waals surface area contributed by atoms with Crippen LogP contribution in [0.25, 0.3) is 0 Å². The van der Waals surface area contributed by atoms with Crippen molar-refractivity contribution in [3.63, 3.8) is 0 Å². The highest BCUT2D eigenvalue weighted by atomic mass is 32.2. The summed E-state index contributed by atoms with van der Waals surface area (Å²) >= 11 is 1.06. The number of rotatable bonds is 5. The zero-order chi connectivity index (χ0) is 13.2. The van der Waals surface area contributed by atoms with E-state index < -0.39 is 10.0 Å². The number of aliphatic hydroxyl groups excluding tert-OH is 1. The molecule has 0 radical (unpaired) electrons. The SMILES string of the molecule is Cc1cnc(CNS(=O)(=O)c2cc(CO)cs2)o1. The fourth-order valence-corrected chi connectivity index (χ4v) is 3.51. The first kappa shape index (κ1) is 13.2. The molecule has 0 atom stereocenters. The van der Waals surface area contributed by atoms with Crippen molar-refractivity contribution in [3.05, 3.63) is 34.9 Å². The van der Waals surface area contributed by atoms with Gasteiger partial charge in [0.1, 0.15) is 9.97 Å². The van der Waals surface area contributed by atoms with Crippen LogP contribution in [-0.4, -0.2) is 18.5 Å². The van der Waals surface area contributed by atoms with E-state index in [1.165, 1.54) is 12.3 Å². The first-order chi connectivity index (χ1) is 8.51. The molecule has 2 aromatic rings. The average Bonchev–Trinajstić information content (AvgIpc) is 2.95. The Hall–Kier alpha value is -1.22. The second-order valence-corrected chi connectivity index (χ2v) is 6.53. The molecule has 6 nitrogen and oxygen atoms in total. The molecule has 0 fully saturated rings. The van der Waals surface area contributed by atoms with Crippen LogP contribution in [0.2, 0.25) is 0 Å². The third-order valence-corrected chi connectivity index (χ3v) is 5.05. The Morgan fingerprint density at radius 1 is 1.56 bits per heavy atom. The van der Waals surface area contributed by atoms with Crippen molar-refractivity contribution in [2.45, 2.75) is 24.3 Å². The number of hydrogen-bond donors (Lipinski definition) is 2. The molecule has 0 unspecified atom stereocenters. The standard InChI is InChI=1S/C10H12N2O4S2/c1-7-3-11-9(16-7)4-12-18(14,15)10-2-8(5-13)6-17-10/h2-3,6,12-13H,4-5H2,1H3. The third kappa shape index (κ3) is 2.96. The van der Waals surface area contributed by atoms with Crippen molar-refractivity contribution in [1.82, 2.24) is 9.71 Å². The summed E-state index contributed by atoms with van der Waals surface area (Å²) in [7, 11) is -3.58. The molecule has 8 heteroatoms. The Kier molecular flexibility index (Phi) is 3.81. The highest BCUT2D eigenvalue weighted by Gasteiger charge is 2.17. The van der Waals surface area contributed by atoms with Gasteiger partial charge in [-0.1, -0.05) is 0 Å². The molecule has 0 saturated carbocycles. The Labute approximate surface area is 108 Å². The number of sulfonamides is 1. The molecule has 0 bridgehead atoms. The van der Waals surface area contributed by atoms with Gasteiger partial charge in [0.2, 0.25) is 5.89 Å². The highest BCUT2D eigenvalue weighted by molar-refractivity contribution is 7.91. The van der Waals surface area contributed by atoms with Crippen molar-refractivity contribution >= 4 is 21.4 Å². The molecule has 0 aromatic carbocycles. The monoisotopic (exact) mass is 288 g/mol. The molecule has 2 N–H and O–H groups in total. The Morgan fingerprint density at radius 3 is 2.89 bits per heavy atom. The zero-order valence-electron chi connectivity index (χ0n) is 9.58. The van der Waals surface area contributed by atoms with Crippen molar-refractivity contribution < 1.29 is 17.9 Å². The van der Waals surface area contributed by atoms with Gasteiger partial charge in [-0.2, -0.15) is 0 Å². The predicted molar refractivity (Wildman–Crippen MR) is 65.5 cm³/mol. The molecule has 0 spiro atoms. The molecule has 98 valence electrons. The second-order valence-electron chi connectivity index (χ2n) is 3.62. The summed E-state index contributed by atoms with van der Waals surface area (Å²) in [6.45, 7) is 1.56. The van der Waals surface area contributed by atoms with Gasteiger partial charge in [0, 0.05) is 0 Å². The fourth-order valence-electron chi connectivity index (χ4n) is 1.29. The number of oxazole rings is 1. The van der Waals surface area contributed by atoms with E-state index >= 15 is 0 Å². The van der Waals surface area contributed by atoms with Crippen LogP contribution in [-0.2, 0) is 23.2 Å². The number of aliphatic hydroxyl groups is 1. The number of aryl methyl sites for hydroxylation is 1. The van der Waals surface area contributed by atoms with Gasteiger partial charge < -0.3 is 9.52 Å². The summed E-state index contributed by atoms with van der Waals surface area (Å²) in [5, 5.41) is 10.5. The smallest absolute Gasteiger partial charge is 0.250 e. The van der Waals surface area contributed by atoms with Crippen LogP contribution >= 0.6 is 11.3 Å². The zero-order valence-corrected chi connectivity index (χ0v) is 11.2. The quantitative estimate of drug-likeness (QED) is 0.856. The molecule has 2 heterocycles. The maximum Gasteiger partial charge on any atom is 0.250 e. The lowest BCUT2D eigenvalue weighted by molar-refractivity contribution is 0.282. The van der Waals surface area contributed by atoms with Gasteiger partial charge in [0.25, 0.3) is 10.0 Å². The Balaban J connectivity index is 2.07. The maximum atomic E-state index is 11.9. The predicted octanol–water partition coefficient (Wildman–Crippen LogP) is 1.02. The summed E-state index contributed by atoms with van der Waals surface area (Å²) in [5.74, 6) is 0.943.